The Morgan fingerprint density at radius 2 is 1.78 bits per heavy atom. The average Bonchev–Trinajstić information content (AvgIpc) is 2.79. The van der Waals surface area contributed by atoms with Crippen molar-refractivity contribution in [1.82, 2.24) is 5.43 Å². The topological polar surface area (TPSA) is 103 Å². The molecule has 9 heteroatoms. The number of hydrogen-bond donors (Lipinski definition) is 1. The Hall–Kier alpha value is -3.47. The molecule has 0 radical (unpaired) electrons. The molecule has 0 saturated heterocycles. The summed E-state index contributed by atoms with van der Waals surface area (Å²) in [6.07, 6.45) is 1.52. The number of carbonyl (C=O) groups excluding carboxylic acids is 1. The third-order valence-electron chi connectivity index (χ3n) is 4.30. The number of non-ortho nitro benzene ring substituents is 1. The van der Waals surface area contributed by atoms with E-state index in [1.165, 1.54) is 18.3 Å². The average molecular weight is 545 g/mol. The van der Waals surface area contributed by atoms with Crippen molar-refractivity contribution >= 4 is 40.4 Å². The van der Waals surface area contributed by atoms with Gasteiger partial charge in [-0.1, -0.05) is 0 Å². The number of ether oxygens (including phenoxy) is 2. The molecular weight excluding hydrogens is 525 g/mol. The van der Waals surface area contributed by atoms with Gasteiger partial charge in [0.2, 0.25) is 0 Å². The van der Waals surface area contributed by atoms with E-state index < -0.39 is 4.92 Å². The monoisotopic (exact) mass is 545 g/mol. The number of rotatable bonds is 9. The van der Waals surface area contributed by atoms with E-state index >= 15 is 0 Å². The molecule has 164 valence electrons. The summed E-state index contributed by atoms with van der Waals surface area (Å²) in [7, 11) is 0. The SMILES string of the molecule is CCOc1cc(/C=N\NC(=O)c2ccc(I)cc2)ccc1OCc1ccc([N+](=O)[O-])cc1. The van der Waals surface area contributed by atoms with Crippen LogP contribution in [0.4, 0.5) is 5.69 Å². The minimum absolute atomic E-state index is 0.0292. The molecule has 8 nitrogen and oxygen atoms in total. The molecule has 0 aliphatic heterocycles. The maximum atomic E-state index is 12.1. The molecule has 0 atom stereocenters. The lowest BCUT2D eigenvalue weighted by molar-refractivity contribution is -0.384. The van der Waals surface area contributed by atoms with E-state index in [0.717, 1.165) is 14.7 Å². The quantitative estimate of drug-likeness (QED) is 0.178. The lowest BCUT2D eigenvalue weighted by Gasteiger charge is -2.12. The standard InChI is InChI=1S/C23H20IN3O5/c1-2-31-22-13-17(14-25-26-23(28)18-6-8-19(24)9-7-18)5-12-21(22)32-15-16-3-10-20(11-4-16)27(29)30/h3-14H,2,15H2,1H3,(H,26,28)/b25-14-. The smallest absolute Gasteiger partial charge is 0.271 e. The van der Waals surface area contributed by atoms with Gasteiger partial charge in [-0.15, -0.1) is 0 Å². The van der Waals surface area contributed by atoms with E-state index in [9.17, 15) is 14.9 Å². The van der Waals surface area contributed by atoms with E-state index in [2.05, 4.69) is 33.1 Å². The molecule has 0 spiro atoms. The summed E-state index contributed by atoms with van der Waals surface area (Å²) in [4.78, 5) is 22.5. The Labute approximate surface area is 198 Å². The van der Waals surface area contributed by atoms with Gasteiger partial charge < -0.3 is 9.47 Å². The van der Waals surface area contributed by atoms with Crippen LogP contribution in [0.5, 0.6) is 11.5 Å². The number of hydrazone groups is 1. The molecule has 32 heavy (non-hydrogen) atoms. The number of nitro benzene ring substituents is 1. The molecule has 0 bridgehead atoms. The molecular formula is C23H20IN3O5. The first-order chi connectivity index (χ1) is 15.5. The Morgan fingerprint density at radius 1 is 1.06 bits per heavy atom. The molecule has 0 aliphatic rings. The number of nitro groups is 1. The zero-order valence-electron chi connectivity index (χ0n) is 17.2. The van der Waals surface area contributed by atoms with Crippen LogP contribution in [0.15, 0.2) is 71.8 Å². The summed E-state index contributed by atoms with van der Waals surface area (Å²) >= 11 is 2.17. The Bertz CT molecular complexity index is 1120. The number of amides is 1. The van der Waals surface area contributed by atoms with Crippen LogP contribution in [0.25, 0.3) is 0 Å². The van der Waals surface area contributed by atoms with Gasteiger partial charge in [-0.25, -0.2) is 5.43 Å². The zero-order chi connectivity index (χ0) is 22.9. The van der Waals surface area contributed by atoms with Gasteiger partial charge in [0.25, 0.3) is 11.6 Å². The first-order valence-corrected chi connectivity index (χ1v) is 10.8. The minimum atomic E-state index is -0.443. The minimum Gasteiger partial charge on any atom is -0.490 e. The maximum absolute atomic E-state index is 12.1. The predicted molar refractivity (Wildman–Crippen MR) is 129 cm³/mol. The lowest BCUT2D eigenvalue weighted by atomic mass is 10.2. The van der Waals surface area contributed by atoms with Gasteiger partial charge in [0.1, 0.15) is 6.61 Å². The molecule has 0 aromatic heterocycles. The van der Waals surface area contributed by atoms with Crippen LogP contribution in [0.1, 0.15) is 28.4 Å². The number of carbonyl (C=O) groups is 1. The summed E-state index contributed by atoms with van der Waals surface area (Å²) in [5.41, 5.74) is 4.57. The number of hydrogen-bond acceptors (Lipinski definition) is 6. The van der Waals surface area contributed by atoms with Crippen molar-refractivity contribution in [3.63, 3.8) is 0 Å². The first kappa shape index (κ1) is 23.2. The van der Waals surface area contributed by atoms with Crippen molar-refractivity contribution in [2.45, 2.75) is 13.5 Å². The molecule has 0 saturated carbocycles. The number of nitrogens with one attached hydrogen (secondary N) is 1. The van der Waals surface area contributed by atoms with Crippen molar-refractivity contribution in [3.8, 4) is 11.5 Å². The van der Waals surface area contributed by atoms with Crippen LogP contribution in [0.2, 0.25) is 0 Å². The van der Waals surface area contributed by atoms with Crippen LogP contribution >= 0.6 is 22.6 Å². The van der Waals surface area contributed by atoms with Gasteiger partial charge in [-0.3, -0.25) is 14.9 Å². The largest absolute Gasteiger partial charge is 0.490 e. The van der Waals surface area contributed by atoms with Gasteiger partial charge in [-0.05, 0) is 95.2 Å². The van der Waals surface area contributed by atoms with Crippen molar-refractivity contribution in [2.75, 3.05) is 6.61 Å². The molecule has 0 fully saturated rings. The predicted octanol–water partition coefficient (Wildman–Crippen LogP) is 4.94. The zero-order valence-corrected chi connectivity index (χ0v) is 19.3. The van der Waals surface area contributed by atoms with Crippen LogP contribution < -0.4 is 14.9 Å². The number of benzene rings is 3. The highest BCUT2D eigenvalue weighted by Gasteiger charge is 2.09. The molecule has 3 rings (SSSR count). The van der Waals surface area contributed by atoms with Crippen molar-refractivity contribution in [2.24, 2.45) is 5.10 Å². The van der Waals surface area contributed by atoms with Gasteiger partial charge >= 0.3 is 0 Å². The molecule has 3 aromatic rings. The van der Waals surface area contributed by atoms with Gasteiger partial charge in [0, 0.05) is 21.3 Å². The molecule has 0 aliphatic carbocycles. The van der Waals surface area contributed by atoms with Crippen molar-refractivity contribution in [1.29, 1.82) is 0 Å². The van der Waals surface area contributed by atoms with Crippen molar-refractivity contribution < 1.29 is 19.2 Å². The summed E-state index contributed by atoms with van der Waals surface area (Å²) in [5, 5.41) is 14.8. The molecule has 0 heterocycles. The highest BCUT2D eigenvalue weighted by atomic mass is 127. The summed E-state index contributed by atoms with van der Waals surface area (Å²) in [5.74, 6) is 0.762. The third kappa shape index (κ3) is 6.51. The van der Waals surface area contributed by atoms with Crippen molar-refractivity contribution in [3.05, 3.63) is 97.1 Å². The Balaban J connectivity index is 1.64. The summed E-state index contributed by atoms with van der Waals surface area (Å²) in [6, 6.07) is 18.6. The van der Waals surface area contributed by atoms with E-state index in [4.69, 9.17) is 9.47 Å². The van der Waals surface area contributed by atoms with Crippen LogP contribution in [-0.4, -0.2) is 23.7 Å². The molecule has 0 unspecified atom stereocenters. The highest BCUT2D eigenvalue weighted by Crippen LogP contribution is 2.29. The fourth-order valence-electron chi connectivity index (χ4n) is 2.70. The summed E-state index contributed by atoms with van der Waals surface area (Å²) in [6.45, 7) is 2.54. The van der Waals surface area contributed by atoms with E-state index in [1.54, 1.807) is 42.5 Å². The number of nitrogens with zero attached hydrogens (tertiary/aromatic N) is 2. The molecule has 3 aromatic carbocycles. The van der Waals surface area contributed by atoms with Crippen LogP contribution in [0.3, 0.4) is 0 Å². The fourth-order valence-corrected chi connectivity index (χ4v) is 3.06. The Morgan fingerprint density at radius 3 is 2.44 bits per heavy atom. The maximum Gasteiger partial charge on any atom is 0.271 e. The van der Waals surface area contributed by atoms with E-state index in [1.807, 2.05) is 19.1 Å². The second-order valence-electron chi connectivity index (χ2n) is 6.56. The normalized spacial score (nSPS) is 10.7. The number of halogens is 1. The molecule has 1 amide bonds. The van der Waals surface area contributed by atoms with Gasteiger partial charge in [-0.2, -0.15) is 5.10 Å². The Kier molecular flexibility index (Phi) is 8.14. The second kappa shape index (κ2) is 11.2. The van der Waals surface area contributed by atoms with Gasteiger partial charge in [0.05, 0.1) is 17.7 Å². The van der Waals surface area contributed by atoms with E-state index in [0.29, 0.717) is 23.7 Å². The van der Waals surface area contributed by atoms with E-state index in [-0.39, 0.29) is 18.2 Å². The second-order valence-corrected chi connectivity index (χ2v) is 7.80. The fraction of sp³-hybridized carbons (Fsp3) is 0.130. The molecule has 1 N–H and O–H groups in total. The van der Waals surface area contributed by atoms with Crippen LogP contribution in [0, 0.1) is 13.7 Å². The van der Waals surface area contributed by atoms with Gasteiger partial charge in [0.15, 0.2) is 11.5 Å². The summed E-state index contributed by atoms with van der Waals surface area (Å²) < 4.78 is 12.5. The third-order valence-corrected chi connectivity index (χ3v) is 5.01. The first-order valence-electron chi connectivity index (χ1n) is 9.68. The van der Waals surface area contributed by atoms with Crippen LogP contribution in [-0.2, 0) is 6.61 Å². The lowest BCUT2D eigenvalue weighted by Crippen LogP contribution is -2.17. The highest BCUT2D eigenvalue weighted by molar-refractivity contribution is 14.1.